The minimum absolute atomic E-state index is 0.0525. The van der Waals surface area contributed by atoms with E-state index in [0.717, 1.165) is 34.1 Å². The second-order valence-corrected chi connectivity index (χ2v) is 5.41. The lowest BCUT2D eigenvalue weighted by molar-refractivity contribution is -0.120. The molecular weight excluding hydrogens is 274 g/mol. The van der Waals surface area contributed by atoms with Crippen molar-refractivity contribution in [3.8, 4) is 0 Å². The molecule has 0 saturated heterocycles. The van der Waals surface area contributed by atoms with Gasteiger partial charge >= 0.3 is 0 Å². The topological polar surface area (TPSA) is 57.8 Å². The Morgan fingerprint density at radius 2 is 2.09 bits per heavy atom. The van der Waals surface area contributed by atoms with Gasteiger partial charge in [0.05, 0.1) is 6.42 Å². The zero-order chi connectivity index (χ0) is 15.4. The van der Waals surface area contributed by atoms with Crippen molar-refractivity contribution in [2.24, 2.45) is 0 Å². The summed E-state index contributed by atoms with van der Waals surface area (Å²) in [6, 6.07) is 12.0. The Hall–Kier alpha value is -2.62. The predicted molar refractivity (Wildman–Crippen MR) is 87.7 cm³/mol. The lowest BCUT2D eigenvalue weighted by atomic mass is 10.1. The number of H-pyrrole nitrogens is 1. The molecule has 2 heterocycles. The first kappa shape index (κ1) is 14.3. The number of nitrogens with zero attached hydrogens (tertiary/aromatic N) is 1. The summed E-state index contributed by atoms with van der Waals surface area (Å²) in [6.07, 6.45) is 4.78. The number of benzene rings is 1. The molecule has 4 nitrogen and oxygen atoms in total. The molecule has 0 fully saturated rings. The van der Waals surface area contributed by atoms with E-state index in [9.17, 15) is 4.79 Å². The summed E-state index contributed by atoms with van der Waals surface area (Å²) in [7, 11) is 0. The highest BCUT2D eigenvalue weighted by Gasteiger charge is 2.11. The van der Waals surface area contributed by atoms with Gasteiger partial charge in [-0.3, -0.25) is 9.78 Å². The van der Waals surface area contributed by atoms with Crippen LogP contribution in [-0.2, 0) is 17.6 Å². The van der Waals surface area contributed by atoms with Gasteiger partial charge < -0.3 is 10.3 Å². The van der Waals surface area contributed by atoms with Gasteiger partial charge in [0.1, 0.15) is 0 Å². The number of para-hydroxylation sites is 1. The van der Waals surface area contributed by atoms with Gasteiger partial charge in [-0.25, -0.2) is 0 Å². The van der Waals surface area contributed by atoms with E-state index >= 15 is 0 Å². The van der Waals surface area contributed by atoms with Crippen molar-refractivity contribution >= 4 is 16.8 Å². The fraction of sp³-hybridized carbons (Fsp3) is 0.222. The first-order chi connectivity index (χ1) is 10.7. The molecule has 3 rings (SSSR count). The van der Waals surface area contributed by atoms with Crippen molar-refractivity contribution in [2.75, 3.05) is 6.54 Å². The normalized spacial score (nSPS) is 10.8. The van der Waals surface area contributed by atoms with E-state index < -0.39 is 0 Å². The third-order valence-corrected chi connectivity index (χ3v) is 3.82. The van der Waals surface area contributed by atoms with Crippen molar-refractivity contribution in [3.05, 3.63) is 65.6 Å². The summed E-state index contributed by atoms with van der Waals surface area (Å²) in [5, 5.41) is 4.11. The summed E-state index contributed by atoms with van der Waals surface area (Å²) >= 11 is 0. The number of hydrogen-bond acceptors (Lipinski definition) is 2. The van der Waals surface area contributed by atoms with Crippen LogP contribution < -0.4 is 5.32 Å². The van der Waals surface area contributed by atoms with E-state index in [4.69, 9.17) is 0 Å². The monoisotopic (exact) mass is 293 g/mol. The van der Waals surface area contributed by atoms with Crippen LogP contribution in [0.5, 0.6) is 0 Å². The van der Waals surface area contributed by atoms with E-state index in [-0.39, 0.29) is 5.91 Å². The second-order valence-electron chi connectivity index (χ2n) is 5.41. The van der Waals surface area contributed by atoms with Gasteiger partial charge in [-0.15, -0.1) is 0 Å². The number of pyridine rings is 1. The number of amides is 1. The predicted octanol–water partition coefficient (Wildman–Crippen LogP) is 2.77. The van der Waals surface area contributed by atoms with Crippen LogP contribution in [0.3, 0.4) is 0 Å². The second kappa shape index (κ2) is 6.43. The molecule has 112 valence electrons. The smallest absolute Gasteiger partial charge is 0.224 e. The van der Waals surface area contributed by atoms with Gasteiger partial charge in [-0.05, 0) is 36.6 Å². The largest absolute Gasteiger partial charge is 0.358 e. The summed E-state index contributed by atoms with van der Waals surface area (Å²) in [4.78, 5) is 19.6. The van der Waals surface area contributed by atoms with Crippen molar-refractivity contribution in [3.63, 3.8) is 0 Å². The SMILES string of the molecule is Cc1[nH]c2ccccc2c1CC(=O)NCCc1cccnc1. The molecule has 1 amide bonds. The number of fused-ring (bicyclic) bond motifs is 1. The zero-order valence-corrected chi connectivity index (χ0v) is 12.6. The van der Waals surface area contributed by atoms with Crippen LogP contribution in [0, 0.1) is 6.92 Å². The van der Waals surface area contributed by atoms with E-state index in [1.807, 2.05) is 43.5 Å². The first-order valence-corrected chi connectivity index (χ1v) is 7.46. The molecular formula is C18H19N3O. The summed E-state index contributed by atoms with van der Waals surface area (Å²) in [5.74, 6) is 0.0525. The Morgan fingerprint density at radius 1 is 1.23 bits per heavy atom. The highest BCUT2D eigenvalue weighted by atomic mass is 16.1. The average molecular weight is 293 g/mol. The van der Waals surface area contributed by atoms with Crippen LogP contribution in [0.4, 0.5) is 0 Å². The van der Waals surface area contributed by atoms with E-state index in [2.05, 4.69) is 21.4 Å². The van der Waals surface area contributed by atoms with Crippen LogP contribution >= 0.6 is 0 Å². The number of rotatable bonds is 5. The lowest BCUT2D eigenvalue weighted by Gasteiger charge is -2.05. The third kappa shape index (κ3) is 3.17. The van der Waals surface area contributed by atoms with Crippen molar-refractivity contribution in [1.82, 2.24) is 15.3 Å². The molecule has 0 aliphatic rings. The molecule has 0 aliphatic carbocycles. The number of hydrogen-bond donors (Lipinski definition) is 2. The Morgan fingerprint density at radius 3 is 2.91 bits per heavy atom. The molecule has 0 radical (unpaired) electrons. The van der Waals surface area contributed by atoms with E-state index in [1.165, 1.54) is 0 Å². The molecule has 0 aliphatic heterocycles. The van der Waals surface area contributed by atoms with Crippen LogP contribution in [0.2, 0.25) is 0 Å². The highest BCUT2D eigenvalue weighted by molar-refractivity contribution is 5.90. The van der Waals surface area contributed by atoms with Gasteiger partial charge in [0.15, 0.2) is 0 Å². The van der Waals surface area contributed by atoms with Gasteiger partial charge in [0.2, 0.25) is 5.91 Å². The van der Waals surface area contributed by atoms with E-state index in [1.54, 1.807) is 6.20 Å². The van der Waals surface area contributed by atoms with Crippen molar-refractivity contribution in [1.29, 1.82) is 0 Å². The fourth-order valence-corrected chi connectivity index (χ4v) is 2.68. The van der Waals surface area contributed by atoms with Gasteiger partial charge in [0.25, 0.3) is 0 Å². The number of aromatic nitrogens is 2. The van der Waals surface area contributed by atoms with Crippen LogP contribution in [0.25, 0.3) is 10.9 Å². The molecule has 2 N–H and O–H groups in total. The third-order valence-electron chi connectivity index (χ3n) is 3.82. The van der Waals surface area contributed by atoms with Crippen LogP contribution in [0.15, 0.2) is 48.8 Å². The average Bonchev–Trinajstić information content (AvgIpc) is 2.84. The van der Waals surface area contributed by atoms with Gasteiger partial charge in [0, 0.05) is 35.5 Å². The Labute approximate surface area is 129 Å². The first-order valence-electron chi connectivity index (χ1n) is 7.46. The molecule has 0 saturated carbocycles. The van der Waals surface area contributed by atoms with Gasteiger partial charge in [-0.1, -0.05) is 24.3 Å². The summed E-state index contributed by atoms with van der Waals surface area (Å²) in [6.45, 7) is 2.64. The molecule has 3 aromatic rings. The maximum Gasteiger partial charge on any atom is 0.224 e. The maximum atomic E-state index is 12.2. The molecule has 2 aromatic heterocycles. The maximum absolute atomic E-state index is 12.2. The minimum Gasteiger partial charge on any atom is -0.358 e. The fourth-order valence-electron chi connectivity index (χ4n) is 2.68. The van der Waals surface area contributed by atoms with E-state index in [0.29, 0.717) is 13.0 Å². The van der Waals surface area contributed by atoms with Gasteiger partial charge in [-0.2, -0.15) is 0 Å². The van der Waals surface area contributed by atoms with Crippen molar-refractivity contribution < 1.29 is 4.79 Å². The number of aryl methyl sites for hydroxylation is 1. The number of carbonyl (C=O) groups excluding carboxylic acids is 1. The number of nitrogens with one attached hydrogen (secondary N) is 2. The molecule has 22 heavy (non-hydrogen) atoms. The Bertz CT molecular complexity index is 777. The molecule has 4 heteroatoms. The summed E-state index contributed by atoms with van der Waals surface area (Å²) < 4.78 is 0. The molecule has 0 atom stereocenters. The lowest BCUT2D eigenvalue weighted by Crippen LogP contribution is -2.27. The molecule has 1 aromatic carbocycles. The Kier molecular flexibility index (Phi) is 4.19. The standard InChI is InChI=1S/C18H19N3O/c1-13-16(15-6-2-3-7-17(15)21-13)11-18(22)20-10-8-14-5-4-9-19-12-14/h2-7,9,12,21H,8,10-11H2,1H3,(H,20,22). The quantitative estimate of drug-likeness (QED) is 0.760. The van der Waals surface area contributed by atoms with Crippen LogP contribution in [0.1, 0.15) is 16.8 Å². The molecule has 0 bridgehead atoms. The highest BCUT2D eigenvalue weighted by Crippen LogP contribution is 2.22. The van der Waals surface area contributed by atoms with Crippen molar-refractivity contribution in [2.45, 2.75) is 19.8 Å². The number of aromatic amines is 1. The molecule has 0 spiro atoms. The number of carbonyl (C=O) groups is 1. The zero-order valence-electron chi connectivity index (χ0n) is 12.6. The van der Waals surface area contributed by atoms with Crippen LogP contribution in [-0.4, -0.2) is 22.4 Å². The Balaban J connectivity index is 1.60. The summed E-state index contributed by atoms with van der Waals surface area (Å²) in [5.41, 5.74) is 4.35. The minimum atomic E-state index is 0.0525. The molecule has 0 unspecified atom stereocenters.